The molecular formula is C50H61Cl3O7S3. The number of thioether (sulfide) groups is 3. The summed E-state index contributed by atoms with van der Waals surface area (Å²) in [6.07, 6.45) is 14.0. The van der Waals surface area contributed by atoms with Crippen molar-refractivity contribution in [3.63, 3.8) is 0 Å². The van der Waals surface area contributed by atoms with Crippen molar-refractivity contribution in [2.45, 2.75) is 155 Å². The van der Waals surface area contributed by atoms with Gasteiger partial charge in [-0.2, -0.15) is 0 Å². The number of hydrogen-bond donors (Lipinski definition) is 3. The Morgan fingerprint density at radius 1 is 0.762 bits per heavy atom. The van der Waals surface area contributed by atoms with Gasteiger partial charge >= 0.3 is 17.9 Å². The smallest absolute Gasteiger partial charge is 0.305 e. The average Bonchev–Trinajstić information content (AvgIpc) is 3.81. The van der Waals surface area contributed by atoms with E-state index in [4.69, 9.17) is 44.6 Å². The third kappa shape index (κ3) is 15.1. The molecule has 5 unspecified atom stereocenters. The Labute approximate surface area is 401 Å². The monoisotopic (exact) mass is 974 g/mol. The Morgan fingerprint density at radius 3 is 2.19 bits per heavy atom. The van der Waals surface area contributed by atoms with Crippen molar-refractivity contribution in [3.05, 3.63) is 97.5 Å². The number of allylic oxidation sites excluding steroid dienone is 1. The van der Waals surface area contributed by atoms with Gasteiger partial charge in [-0.25, -0.2) is 0 Å². The quantitative estimate of drug-likeness (QED) is 0.0454. The lowest BCUT2D eigenvalue weighted by molar-refractivity contribution is -0.140. The maximum Gasteiger partial charge on any atom is 0.305 e. The first kappa shape index (κ1) is 50.1. The van der Waals surface area contributed by atoms with Gasteiger partial charge in [0.2, 0.25) is 0 Å². The summed E-state index contributed by atoms with van der Waals surface area (Å²) < 4.78 is 6.21. The SMILES string of the molecule is CC(Cc1cc(SCC2CCC(CC(=O)O)O2)c(C(C)(C)Cc2cc(SC/C=C/CCCC(=O)O)c(C3CC3)cc2Cl)cc1Cl)c1cc(Cl)ccc1SCC1CCC(CC(=O)O)C1. The van der Waals surface area contributed by atoms with Gasteiger partial charge in [-0.05, 0) is 170 Å². The molecule has 2 aliphatic carbocycles. The number of unbranched alkanes of at least 4 members (excludes halogenated alkanes) is 1. The van der Waals surface area contributed by atoms with Crippen LogP contribution in [-0.4, -0.2) is 62.7 Å². The first-order valence-corrected chi connectivity index (χ1v) is 26.4. The van der Waals surface area contributed by atoms with Crippen molar-refractivity contribution in [2.75, 3.05) is 17.3 Å². The summed E-state index contributed by atoms with van der Waals surface area (Å²) in [5.41, 5.74) is 5.39. The standard InChI is InChI=1S/C50H61Cl3O7S3/c1-30(39-23-36(51)13-16-44(39)62-28-32-10-9-31(19-32)20-48(56)57)18-34-21-46(63-29-38-15-14-37(60-38)24-49(58)59)41(26-43(34)53)50(2,3)27-35-22-45(40(25-42(35)52)33-11-12-33)61-17-7-5-4-6-8-47(54)55/h5,7,13,16,21-23,25-26,30-33,37-38H,4,6,8-12,14-15,17-20,24,27-29H2,1-3H3,(H,54,55)(H,56,57)(H,58,59)/b7-5+. The normalized spacial score (nSPS) is 20.7. The second-order valence-corrected chi connectivity index (χ2v) is 22.9. The van der Waals surface area contributed by atoms with Gasteiger partial charge in [-0.15, -0.1) is 35.3 Å². The van der Waals surface area contributed by atoms with Crippen LogP contribution in [0.15, 0.2) is 69.3 Å². The number of benzene rings is 3. The topological polar surface area (TPSA) is 121 Å². The predicted molar refractivity (Wildman–Crippen MR) is 261 cm³/mol. The molecule has 342 valence electrons. The third-order valence-electron chi connectivity index (χ3n) is 12.6. The van der Waals surface area contributed by atoms with Crippen molar-refractivity contribution in [2.24, 2.45) is 11.8 Å². The number of rotatable bonds is 24. The van der Waals surface area contributed by atoms with Gasteiger partial charge < -0.3 is 20.1 Å². The van der Waals surface area contributed by atoms with Gasteiger partial charge in [-0.1, -0.05) is 67.7 Å². The Morgan fingerprint density at radius 2 is 1.46 bits per heavy atom. The fourth-order valence-electron chi connectivity index (χ4n) is 9.13. The molecule has 3 N–H and O–H groups in total. The first-order valence-electron chi connectivity index (χ1n) is 22.3. The summed E-state index contributed by atoms with van der Waals surface area (Å²) in [4.78, 5) is 37.3. The zero-order chi connectivity index (χ0) is 45.3. The summed E-state index contributed by atoms with van der Waals surface area (Å²) in [6, 6.07) is 15.0. The molecule has 1 aliphatic heterocycles. The highest BCUT2D eigenvalue weighted by atomic mass is 35.5. The highest BCUT2D eigenvalue weighted by Gasteiger charge is 2.33. The van der Waals surface area contributed by atoms with Crippen molar-refractivity contribution < 1.29 is 34.4 Å². The van der Waals surface area contributed by atoms with Crippen LogP contribution >= 0.6 is 70.1 Å². The van der Waals surface area contributed by atoms with Crippen LogP contribution in [0.2, 0.25) is 15.1 Å². The zero-order valence-electron chi connectivity index (χ0n) is 36.5. The molecule has 6 rings (SSSR count). The molecule has 3 aromatic rings. The van der Waals surface area contributed by atoms with Crippen LogP contribution in [0.5, 0.6) is 0 Å². The van der Waals surface area contributed by atoms with E-state index in [0.29, 0.717) is 46.9 Å². The first-order chi connectivity index (χ1) is 30.0. The molecule has 3 aliphatic rings. The highest BCUT2D eigenvalue weighted by Crippen LogP contribution is 2.48. The summed E-state index contributed by atoms with van der Waals surface area (Å²) in [5, 5.41) is 29.8. The highest BCUT2D eigenvalue weighted by molar-refractivity contribution is 7.99. The fourth-order valence-corrected chi connectivity index (χ4v) is 13.5. The number of ether oxygens (including phenoxy) is 1. The van der Waals surface area contributed by atoms with Crippen molar-refractivity contribution >= 4 is 88.0 Å². The molecule has 0 bridgehead atoms. The van der Waals surface area contributed by atoms with Crippen molar-refractivity contribution in [1.82, 2.24) is 0 Å². The minimum Gasteiger partial charge on any atom is -0.481 e. The molecule has 0 amide bonds. The number of carbonyl (C=O) groups is 3. The van der Waals surface area contributed by atoms with Crippen LogP contribution < -0.4 is 0 Å². The Balaban J connectivity index is 1.23. The lowest BCUT2D eigenvalue weighted by Gasteiger charge is -2.30. The second-order valence-electron chi connectivity index (χ2n) is 18.4. The van der Waals surface area contributed by atoms with E-state index in [9.17, 15) is 24.6 Å². The molecule has 1 heterocycles. The average molecular weight is 977 g/mol. The van der Waals surface area contributed by atoms with Crippen molar-refractivity contribution in [1.29, 1.82) is 0 Å². The minimum atomic E-state index is -0.840. The molecule has 1 saturated heterocycles. The molecule has 7 nitrogen and oxygen atoms in total. The largest absolute Gasteiger partial charge is 0.481 e. The van der Waals surface area contributed by atoms with Crippen LogP contribution in [0.3, 0.4) is 0 Å². The second kappa shape index (κ2) is 23.4. The van der Waals surface area contributed by atoms with E-state index in [1.54, 1.807) is 11.8 Å². The molecule has 3 fully saturated rings. The van der Waals surface area contributed by atoms with Gasteiger partial charge in [0.25, 0.3) is 0 Å². The van der Waals surface area contributed by atoms with Gasteiger partial charge in [0.1, 0.15) is 0 Å². The summed E-state index contributed by atoms with van der Waals surface area (Å²) in [7, 11) is 0. The van der Waals surface area contributed by atoms with Crippen LogP contribution in [0.25, 0.3) is 0 Å². The number of aliphatic carboxylic acids is 3. The molecular weight excluding hydrogens is 915 g/mol. The maximum absolute atomic E-state index is 11.5. The van der Waals surface area contributed by atoms with E-state index < -0.39 is 17.9 Å². The van der Waals surface area contributed by atoms with E-state index in [0.717, 1.165) is 76.6 Å². The molecule has 3 aromatic carbocycles. The van der Waals surface area contributed by atoms with Crippen LogP contribution in [0, 0.1) is 11.8 Å². The lowest BCUT2D eigenvalue weighted by Crippen LogP contribution is -2.23. The Bertz CT molecular complexity index is 2120. The number of carboxylic acid groups (broad SMARTS) is 3. The molecule has 13 heteroatoms. The molecule has 2 saturated carbocycles. The number of carboxylic acids is 3. The van der Waals surface area contributed by atoms with E-state index in [2.05, 4.69) is 69.3 Å². The van der Waals surface area contributed by atoms with Gasteiger partial charge in [0, 0.05) is 59.9 Å². The summed E-state index contributed by atoms with van der Waals surface area (Å²) >= 11 is 26.5. The summed E-state index contributed by atoms with van der Waals surface area (Å²) in [6.45, 7) is 6.73. The van der Waals surface area contributed by atoms with Crippen LogP contribution in [0.1, 0.15) is 137 Å². The molecule has 5 atom stereocenters. The Hall–Kier alpha value is -2.31. The van der Waals surface area contributed by atoms with E-state index in [1.807, 2.05) is 29.6 Å². The molecule has 0 aromatic heterocycles. The predicted octanol–water partition coefficient (Wildman–Crippen LogP) is 14.4. The van der Waals surface area contributed by atoms with E-state index >= 15 is 0 Å². The molecule has 0 radical (unpaired) electrons. The Kier molecular flexibility index (Phi) is 18.6. The van der Waals surface area contributed by atoms with E-state index in [1.165, 1.54) is 33.8 Å². The zero-order valence-corrected chi connectivity index (χ0v) is 41.2. The number of halogens is 3. The fraction of sp³-hybridized carbons (Fsp3) is 0.540. The van der Waals surface area contributed by atoms with Gasteiger partial charge in [-0.3, -0.25) is 14.4 Å². The van der Waals surface area contributed by atoms with Crippen LogP contribution in [-0.2, 0) is 37.4 Å². The number of hydrogen-bond acceptors (Lipinski definition) is 7. The van der Waals surface area contributed by atoms with Gasteiger partial charge in [0.15, 0.2) is 0 Å². The minimum absolute atomic E-state index is 0.0156. The van der Waals surface area contributed by atoms with Crippen LogP contribution in [0.4, 0.5) is 0 Å². The third-order valence-corrected chi connectivity index (χ3v) is 17.1. The van der Waals surface area contributed by atoms with Crippen molar-refractivity contribution in [3.8, 4) is 0 Å². The maximum atomic E-state index is 11.5. The molecule has 0 spiro atoms. The van der Waals surface area contributed by atoms with Gasteiger partial charge in [0.05, 0.1) is 18.6 Å². The lowest BCUT2D eigenvalue weighted by atomic mass is 9.78. The van der Waals surface area contributed by atoms with E-state index in [-0.39, 0.29) is 48.7 Å². The summed E-state index contributed by atoms with van der Waals surface area (Å²) in [5.74, 6) is 1.52. The molecule has 63 heavy (non-hydrogen) atoms.